The molecule has 6 nitrogen and oxygen atoms in total. The van der Waals surface area contributed by atoms with Crippen LogP contribution in [0.25, 0.3) is 10.9 Å². The molecule has 1 amide bonds. The molecule has 3 rings (SSSR count). The summed E-state index contributed by atoms with van der Waals surface area (Å²) >= 11 is 7.51. The van der Waals surface area contributed by atoms with E-state index in [2.05, 4.69) is 21.4 Å². The average molecular weight is 430 g/mol. The Balaban J connectivity index is 1.78. The fourth-order valence-corrected chi connectivity index (χ4v) is 3.56. The fraction of sp³-hybridized carbons (Fsp3) is 0.286. The van der Waals surface area contributed by atoms with Crippen molar-refractivity contribution >= 4 is 40.2 Å². The van der Waals surface area contributed by atoms with Crippen LogP contribution in [0.15, 0.2) is 35.0 Å². The topological polar surface area (TPSA) is 77.2 Å². The van der Waals surface area contributed by atoms with Gasteiger partial charge in [-0.25, -0.2) is 0 Å². The molecule has 1 aromatic carbocycles. The number of benzene rings is 1. The van der Waals surface area contributed by atoms with Gasteiger partial charge in [-0.3, -0.25) is 9.78 Å². The minimum Gasteiger partial charge on any atom is -0.470 e. The number of amides is 1. The molecule has 150 valence electrons. The molecule has 0 saturated heterocycles. The number of ether oxygens (including phenoxy) is 1. The van der Waals surface area contributed by atoms with Crippen molar-refractivity contribution in [1.82, 2.24) is 15.5 Å². The number of thioether (sulfide) groups is 1. The number of halogens is 1. The molecular weight excluding hydrogens is 410 g/mol. The van der Waals surface area contributed by atoms with Crippen LogP contribution in [0.5, 0.6) is 5.75 Å². The predicted molar refractivity (Wildman–Crippen MR) is 115 cm³/mol. The van der Waals surface area contributed by atoms with Crippen molar-refractivity contribution in [3.8, 4) is 18.1 Å². The molecule has 29 heavy (non-hydrogen) atoms. The summed E-state index contributed by atoms with van der Waals surface area (Å²) in [7, 11) is 0. The van der Waals surface area contributed by atoms with Crippen LogP contribution in [0.4, 0.5) is 0 Å². The molecule has 0 bridgehead atoms. The van der Waals surface area contributed by atoms with Gasteiger partial charge in [-0.2, -0.15) is 0 Å². The highest BCUT2D eigenvalue weighted by molar-refractivity contribution is 7.99. The molecule has 0 saturated carbocycles. The lowest BCUT2D eigenvalue weighted by Crippen LogP contribution is -2.47. The van der Waals surface area contributed by atoms with Crippen LogP contribution in [-0.2, 0) is 10.3 Å². The van der Waals surface area contributed by atoms with Crippen molar-refractivity contribution in [2.24, 2.45) is 0 Å². The summed E-state index contributed by atoms with van der Waals surface area (Å²) < 4.78 is 11.0. The van der Waals surface area contributed by atoms with Gasteiger partial charge >= 0.3 is 0 Å². The van der Waals surface area contributed by atoms with Gasteiger partial charge in [0.05, 0.1) is 11.1 Å². The zero-order chi connectivity index (χ0) is 21.2. The zero-order valence-electron chi connectivity index (χ0n) is 16.4. The second-order valence-electron chi connectivity index (χ2n) is 6.92. The quantitative estimate of drug-likeness (QED) is 0.465. The maximum absolute atomic E-state index is 12.9. The number of terminal acetylenes is 1. The molecule has 1 N–H and O–H groups in total. The Hall–Kier alpha value is -2.69. The molecule has 0 spiro atoms. The number of nitrogens with zero attached hydrogens (tertiary/aromatic N) is 2. The van der Waals surface area contributed by atoms with Gasteiger partial charge in [-0.05, 0) is 51.3 Å². The van der Waals surface area contributed by atoms with E-state index in [1.165, 1.54) is 11.8 Å². The van der Waals surface area contributed by atoms with Gasteiger partial charge in [0.25, 0.3) is 5.91 Å². The molecule has 0 fully saturated rings. The van der Waals surface area contributed by atoms with Crippen molar-refractivity contribution in [3.63, 3.8) is 0 Å². The first-order chi connectivity index (χ1) is 13.7. The van der Waals surface area contributed by atoms with Gasteiger partial charge in [0, 0.05) is 17.1 Å². The number of rotatable bonds is 6. The summed E-state index contributed by atoms with van der Waals surface area (Å²) in [5.41, 5.74) is 0.318. The number of pyridine rings is 1. The number of hydrogen-bond acceptors (Lipinski definition) is 6. The van der Waals surface area contributed by atoms with Crippen molar-refractivity contribution in [2.75, 3.05) is 6.26 Å². The van der Waals surface area contributed by atoms with Crippen molar-refractivity contribution in [3.05, 3.63) is 52.5 Å². The molecular formula is C21H20ClN3O3S. The van der Waals surface area contributed by atoms with Crippen LogP contribution in [0, 0.1) is 19.3 Å². The van der Waals surface area contributed by atoms with Gasteiger partial charge in [0.15, 0.2) is 5.76 Å². The summed E-state index contributed by atoms with van der Waals surface area (Å²) in [5, 5.41) is 8.12. The van der Waals surface area contributed by atoms with Gasteiger partial charge in [-0.15, -0.1) is 18.2 Å². The second kappa shape index (κ2) is 8.36. The lowest BCUT2D eigenvalue weighted by atomic mass is 10.0. The molecule has 0 aliphatic carbocycles. The Kier molecular flexibility index (Phi) is 6.06. The van der Waals surface area contributed by atoms with E-state index in [4.69, 9.17) is 27.3 Å². The Morgan fingerprint density at radius 3 is 2.79 bits per heavy atom. The van der Waals surface area contributed by atoms with Gasteiger partial charge < -0.3 is 14.6 Å². The summed E-state index contributed by atoms with van der Waals surface area (Å²) in [4.78, 5) is 17.2. The molecule has 8 heteroatoms. The molecule has 1 atom stereocenters. The summed E-state index contributed by atoms with van der Waals surface area (Å²) in [6.07, 6.45) is 8.87. The van der Waals surface area contributed by atoms with E-state index < -0.39 is 11.0 Å². The van der Waals surface area contributed by atoms with E-state index >= 15 is 0 Å². The molecule has 2 heterocycles. The SMILES string of the molecule is C#Cc1cnc2ccc(OC(SC)C(=O)NC(C)(C)c3noc(C)c3Cl)cc2c1. The largest absolute Gasteiger partial charge is 0.470 e. The van der Waals surface area contributed by atoms with Gasteiger partial charge in [-0.1, -0.05) is 22.7 Å². The first-order valence-corrected chi connectivity index (χ1v) is 10.4. The third kappa shape index (κ3) is 4.50. The van der Waals surface area contributed by atoms with E-state index in [0.717, 1.165) is 10.9 Å². The molecule has 3 aromatic rings. The number of aromatic nitrogens is 2. The zero-order valence-corrected chi connectivity index (χ0v) is 18.0. The first-order valence-electron chi connectivity index (χ1n) is 8.75. The van der Waals surface area contributed by atoms with Crippen LogP contribution in [0.3, 0.4) is 0 Å². The Labute approximate surface area is 178 Å². The van der Waals surface area contributed by atoms with E-state index in [1.807, 2.05) is 18.2 Å². The van der Waals surface area contributed by atoms with Crippen LogP contribution >= 0.6 is 23.4 Å². The standard InChI is InChI=1S/C21H20ClN3O3S/c1-6-13-9-14-10-15(7-8-16(14)23-11-13)27-20(29-5)19(26)24-21(3,4)18-17(22)12(2)28-25-18/h1,7-11,20H,2-5H3,(H,24,26). The van der Waals surface area contributed by atoms with E-state index in [-0.39, 0.29) is 5.91 Å². The normalized spacial score (nSPS) is 12.4. The highest BCUT2D eigenvalue weighted by Crippen LogP contribution is 2.30. The molecule has 0 aliphatic rings. The van der Waals surface area contributed by atoms with Crippen LogP contribution in [0.2, 0.25) is 5.02 Å². The highest BCUT2D eigenvalue weighted by atomic mass is 35.5. The van der Waals surface area contributed by atoms with E-state index in [9.17, 15) is 4.79 Å². The van der Waals surface area contributed by atoms with Crippen molar-refractivity contribution in [1.29, 1.82) is 0 Å². The second-order valence-corrected chi connectivity index (χ2v) is 8.20. The van der Waals surface area contributed by atoms with E-state index in [1.54, 1.807) is 39.3 Å². The smallest absolute Gasteiger partial charge is 0.272 e. The average Bonchev–Trinajstić information content (AvgIpc) is 3.04. The third-order valence-electron chi connectivity index (χ3n) is 4.31. The molecule has 2 aromatic heterocycles. The first kappa shape index (κ1) is 21.0. The lowest BCUT2D eigenvalue weighted by molar-refractivity contribution is -0.126. The molecule has 1 unspecified atom stereocenters. The number of carbonyl (C=O) groups is 1. The maximum atomic E-state index is 12.9. The highest BCUT2D eigenvalue weighted by Gasteiger charge is 2.33. The third-order valence-corrected chi connectivity index (χ3v) is 5.49. The van der Waals surface area contributed by atoms with Gasteiger partial charge in [0.1, 0.15) is 16.5 Å². The summed E-state index contributed by atoms with van der Waals surface area (Å²) in [6.45, 7) is 5.31. The minimum absolute atomic E-state index is 0.310. The number of fused-ring (bicyclic) bond motifs is 1. The minimum atomic E-state index is -0.835. The van der Waals surface area contributed by atoms with Gasteiger partial charge in [0.2, 0.25) is 5.44 Å². The Morgan fingerprint density at radius 2 is 2.17 bits per heavy atom. The maximum Gasteiger partial charge on any atom is 0.272 e. The van der Waals surface area contributed by atoms with E-state index in [0.29, 0.717) is 27.8 Å². The Bertz CT molecular complexity index is 1100. The fourth-order valence-electron chi connectivity index (χ4n) is 2.77. The number of aryl methyl sites for hydroxylation is 1. The summed E-state index contributed by atoms with van der Waals surface area (Å²) in [5.74, 6) is 3.29. The lowest BCUT2D eigenvalue weighted by Gasteiger charge is -2.27. The summed E-state index contributed by atoms with van der Waals surface area (Å²) in [6, 6.07) is 7.25. The number of nitrogens with one attached hydrogen (secondary N) is 1. The van der Waals surface area contributed by atoms with Crippen molar-refractivity contribution < 1.29 is 14.1 Å². The predicted octanol–water partition coefficient (Wildman–Crippen LogP) is 4.29. The number of carbonyl (C=O) groups excluding carboxylic acids is 1. The van der Waals surface area contributed by atoms with Crippen LogP contribution in [0.1, 0.15) is 30.9 Å². The monoisotopic (exact) mass is 429 g/mol. The Morgan fingerprint density at radius 1 is 1.41 bits per heavy atom. The van der Waals surface area contributed by atoms with Crippen LogP contribution < -0.4 is 10.1 Å². The van der Waals surface area contributed by atoms with Crippen molar-refractivity contribution in [2.45, 2.75) is 31.7 Å². The molecule has 0 aliphatic heterocycles. The van der Waals surface area contributed by atoms with Crippen LogP contribution in [-0.4, -0.2) is 27.7 Å². The molecule has 0 radical (unpaired) electrons. The number of hydrogen-bond donors (Lipinski definition) is 1.